The molecule has 0 bridgehead atoms. The van der Waals surface area contributed by atoms with Crippen LogP contribution in [0.25, 0.3) is 0 Å². The Morgan fingerprint density at radius 3 is 2.80 bits per heavy atom. The van der Waals surface area contributed by atoms with Gasteiger partial charge in [-0.2, -0.15) is 0 Å². The molecule has 0 spiro atoms. The van der Waals surface area contributed by atoms with E-state index in [4.69, 9.17) is 4.74 Å². The summed E-state index contributed by atoms with van der Waals surface area (Å²) in [6, 6.07) is 6.13. The van der Waals surface area contributed by atoms with Gasteiger partial charge in [-0.3, -0.25) is 9.80 Å². The predicted octanol–water partition coefficient (Wildman–Crippen LogP) is 2.04. The number of morpholine rings is 1. The lowest BCUT2D eigenvalue weighted by atomic mass is 10.1. The number of aryl methyl sites for hydroxylation is 1. The molecule has 0 amide bonds. The van der Waals surface area contributed by atoms with Crippen molar-refractivity contribution < 1.29 is 9.13 Å². The minimum atomic E-state index is -0.110. The topological polar surface area (TPSA) is 15.7 Å². The molecule has 2 saturated heterocycles. The molecule has 3 nitrogen and oxygen atoms in total. The maximum atomic E-state index is 13.3. The van der Waals surface area contributed by atoms with Gasteiger partial charge in [0.1, 0.15) is 5.82 Å². The van der Waals surface area contributed by atoms with Gasteiger partial charge in [0, 0.05) is 38.8 Å². The van der Waals surface area contributed by atoms with Crippen LogP contribution in [-0.2, 0) is 11.3 Å². The molecule has 2 aliphatic heterocycles. The van der Waals surface area contributed by atoms with E-state index in [0.29, 0.717) is 6.04 Å². The highest BCUT2D eigenvalue weighted by Gasteiger charge is 2.28. The largest absolute Gasteiger partial charge is 0.379 e. The first-order valence-corrected chi connectivity index (χ1v) is 7.51. The Morgan fingerprint density at radius 1 is 1.25 bits per heavy atom. The highest BCUT2D eigenvalue weighted by atomic mass is 19.1. The Balaban J connectivity index is 1.55. The van der Waals surface area contributed by atoms with Crippen molar-refractivity contribution in [1.82, 2.24) is 9.80 Å². The maximum absolute atomic E-state index is 13.3. The highest BCUT2D eigenvalue weighted by molar-refractivity contribution is 5.24. The second-order valence-electron chi connectivity index (χ2n) is 5.91. The molecule has 0 N–H and O–H groups in total. The molecule has 20 heavy (non-hydrogen) atoms. The first-order chi connectivity index (χ1) is 9.72. The Kier molecular flexibility index (Phi) is 4.34. The molecule has 3 rings (SSSR count). The van der Waals surface area contributed by atoms with Gasteiger partial charge in [-0.1, -0.05) is 12.1 Å². The van der Waals surface area contributed by atoms with Crippen molar-refractivity contribution in [3.63, 3.8) is 0 Å². The van der Waals surface area contributed by atoms with Crippen molar-refractivity contribution in [3.8, 4) is 0 Å². The SMILES string of the molecule is Cc1cc(CN2CC[C@H](N3CCOCC3)C2)ccc1F. The van der Waals surface area contributed by atoms with Crippen LogP contribution in [0.2, 0.25) is 0 Å². The Hall–Kier alpha value is -0.970. The van der Waals surface area contributed by atoms with Crippen LogP contribution in [0.4, 0.5) is 4.39 Å². The lowest BCUT2D eigenvalue weighted by Crippen LogP contribution is -2.44. The van der Waals surface area contributed by atoms with Gasteiger partial charge in [0.2, 0.25) is 0 Å². The van der Waals surface area contributed by atoms with Gasteiger partial charge < -0.3 is 4.74 Å². The molecule has 0 saturated carbocycles. The van der Waals surface area contributed by atoms with Crippen LogP contribution in [-0.4, -0.2) is 55.2 Å². The van der Waals surface area contributed by atoms with Gasteiger partial charge >= 0.3 is 0 Å². The number of rotatable bonds is 3. The molecule has 0 aromatic heterocycles. The molecule has 110 valence electrons. The summed E-state index contributed by atoms with van der Waals surface area (Å²) in [5.74, 6) is -0.110. The van der Waals surface area contributed by atoms with Crippen molar-refractivity contribution in [1.29, 1.82) is 0 Å². The molecular formula is C16H23FN2O. The maximum Gasteiger partial charge on any atom is 0.126 e. The van der Waals surface area contributed by atoms with Gasteiger partial charge in [0.15, 0.2) is 0 Å². The summed E-state index contributed by atoms with van der Waals surface area (Å²) in [7, 11) is 0. The van der Waals surface area contributed by atoms with Crippen molar-refractivity contribution in [2.45, 2.75) is 25.9 Å². The number of nitrogens with zero attached hydrogens (tertiary/aromatic N) is 2. The van der Waals surface area contributed by atoms with Crippen LogP contribution in [0.3, 0.4) is 0 Å². The van der Waals surface area contributed by atoms with E-state index < -0.39 is 0 Å². The molecule has 4 heteroatoms. The molecule has 2 heterocycles. The van der Waals surface area contributed by atoms with Crippen molar-refractivity contribution in [3.05, 3.63) is 35.1 Å². The average molecular weight is 278 g/mol. The van der Waals surface area contributed by atoms with Crippen molar-refractivity contribution >= 4 is 0 Å². The fourth-order valence-corrected chi connectivity index (χ4v) is 3.26. The van der Waals surface area contributed by atoms with E-state index in [9.17, 15) is 4.39 Å². The minimum Gasteiger partial charge on any atom is -0.379 e. The van der Waals surface area contributed by atoms with Crippen LogP contribution >= 0.6 is 0 Å². The van der Waals surface area contributed by atoms with Crippen LogP contribution in [0, 0.1) is 12.7 Å². The van der Waals surface area contributed by atoms with Crippen molar-refractivity contribution in [2.24, 2.45) is 0 Å². The number of ether oxygens (including phenoxy) is 1. The first-order valence-electron chi connectivity index (χ1n) is 7.51. The predicted molar refractivity (Wildman–Crippen MR) is 77.2 cm³/mol. The second-order valence-corrected chi connectivity index (χ2v) is 5.91. The smallest absolute Gasteiger partial charge is 0.126 e. The molecular weight excluding hydrogens is 255 g/mol. The normalized spacial score (nSPS) is 25.2. The fraction of sp³-hybridized carbons (Fsp3) is 0.625. The third kappa shape index (κ3) is 3.19. The molecule has 0 aliphatic carbocycles. The van der Waals surface area contributed by atoms with E-state index in [0.717, 1.165) is 51.5 Å². The zero-order chi connectivity index (χ0) is 13.9. The summed E-state index contributed by atoms with van der Waals surface area (Å²) in [4.78, 5) is 5.03. The Morgan fingerprint density at radius 2 is 2.05 bits per heavy atom. The fourth-order valence-electron chi connectivity index (χ4n) is 3.26. The summed E-state index contributed by atoms with van der Waals surface area (Å²) in [5, 5.41) is 0. The summed E-state index contributed by atoms with van der Waals surface area (Å²) >= 11 is 0. The second kappa shape index (κ2) is 6.20. The number of halogens is 1. The monoisotopic (exact) mass is 278 g/mol. The van der Waals surface area contributed by atoms with E-state index in [1.807, 2.05) is 19.1 Å². The van der Waals surface area contributed by atoms with Crippen LogP contribution < -0.4 is 0 Å². The average Bonchev–Trinajstić information content (AvgIpc) is 2.92. The van der Waals surface area contributed by atoms with Gasteiger partial charge in [0.25, 0.3) is 0 Å². The van der Waals surface area contributed by atoms with Crippen LogP contribution in [0.15, 0.2) is 18.2 Å². The Bertz CT molecular complexity index is 460. The lowest BCUT2D eigenvalue weighted by molar-refractivity contribution is 0.0184. The van der Waals surface area contributed by atoms with Crippen LogP contribution in [0.1, 0.15) is 17.5 Å². The summed E-state index contributed by atoms with van der Waals surface area (Å²) in [6.07, 6.45) is 1.24. The molecule has 2 fully saturated rings. The highest BCUT2D eigenvalue weighted by Crippen LogP contribution is 2.20. The van der Waals surface area contributed by atoms with E-state index in [-0.39, 0.29) is 5.82 Å². The summed E-state index contributed by atoms with van der Waals surface area (Å²) in [5.41, 5.74) is 1.96. The summed E-state index contributed by atoms with van der Waals surface area (Å²) < 4.78 is 18.7. The van der Waals surface area contributed by atoms with E-state index in [2.05, 4.69) is 9.80 Å². The number of hydrogen-bond donors (Lipinski definition) is 0. The zero-order valence-corrected chi connectivity index (χ0v) is 12.1. The molecule has 1 aromatic rings. The third-order valence-corrected chi connectivity index (χ3v) is 4.44. The van der Waals surface area contributed by atoms with Crippen LogP contribution in [0.5, 0.6) is 0 Å². The lowest BCUT2D eigenvalue weighted by Gasteiger charge is -2.32. The Labute approximate surface area is 120 Å². The van der Waals surface area contributed by atoms with Gasteiger partial charge in [-0.25, -0.2) is 4.39 Å². The number of benzene rings is 1. The summed E-state index contributed by atoms with van der Waals surface area (Å²) in [6.45, 7) is 8.89. The number of hydrogen-bond acceptors (Lipinski definition) is 3. The number of likely N-dealkylation sites (tertiary alicyclic amines) is 1. The molecule has 2 aliphatic rings. The minimum absolute atomic E-state index is 0.110. The molecule has 0 radical (unpaired) electrons. The quantitative estimate of drug-likeness (QED) is 0.841. The van der Waals surface area contributed by atoms with Crippen molar-refractivity contribution in [2.75, 3.05) is 39.4 Å². The van der Waals surface area contributed by atoms with Gasteiger partial charge in [0.05, 0.1) is 13.2 Å². The molecule has 0 unspecified atom stereocenters. The van der Waals surface area contributed by atoms with Gasteiger partial charge in [-0.05, 0) is 30.5 Å². The first kappa shape index (κ1) is 14.0. The molecule has 1 atom stereocenters. The van der Waals surface area contributed by atoms with E-state index in [1.54, 1.807) is 6.07 Å². The third-order valence-electron chi connectivity index (χ3n) is 4.44. The standard InChI is InChI=1S/C16H23FN2O/c1-13-10-14(2-3-16(13)17)11-18-5-4-15(12-18)19-6-8-20-9-7-19/h2-3,10,15H,4-9,11-12H2,1H3/t15-/m0/s1. The molecule has 1 aromatic carbocycles. The zero-order valence-electron chi connectivity index (χ0n) is 12.1. The van der Waals surface area contributed by atoms with E-state index >= 15 is 0 Å². The van der Waals surface area contributed by atoms with Gasteiger partial charge in [-0.15, -0.1) is 0 Å². The van der Waals surface area contributed by atoms with E-state index in [1.165, 1.54) is 12.0 Å².